The fraction of sp³-hybridized carbons (Fsp3) is 0.962. The van der Waals surface area contributed by atoms with Crippen LogP contribution < -0.4 is 34.9 Å². The van der Waals surface area contributed by atoms with Gasteiger partial charge in [-0.05, 0) is 104 Å². The average molecular weight is 522 g/mol. The zero-order valence-corrected chi connectivity index (χ0v) is 24.9. The van der Waals surface area contributed by atoms with Crippen LogP contribution in [0.1, 0.15) is 85.0 Å². The summed E-state index contributed by atoms with van der Waals surface area (Å²) >= 11 is 0. The molecule has 4 saturated carbocycles. The first-order valence-electron chi connectivity index (χ1n) is 13.4. The van der Waals surface area contributed by atoms with Gasteiger partial charge in [0.05, 0.1) is 28.1 Å². The zero-order valence-electron chi connectivity index (χ0n) is 22.0. The molecule has 35 heavy (non-hydrogen) atoms. The van der Waals surface area contributed by atoms with Crippen LogP contribution >= 0.6 is 0 Å². The van der Waals surface area contributed by atoms with Crippen LogP contribution in [0.2, 0.25) is 0 Å². The third-order valence-electron chi connectivity index (χ3n) is 11.0. The molecule has 0 aromatic rings. The number of aliphatic hydroxyl groups is 2. The second kappa shape index (κ2) is 11.2. The first kappa shape index (κ1) is 29.9. The predicted molar refractivity (Wildman–Crippen MR) is 129 cm³/mol. The van der Waals surface area contributed by atoms with Gasteiger partial charge in [-0.2, -0.15) is 0 Å². The number of hydrogen-bond donors (Lipinski definition) is 3. The second-order valence-electron chi connectivity index (χ2n) is 12.5. The molecule has 1 amide bonds. The van der Waals surface area contributed by atoms with E-state index < -0.39 is 15.9 Å². The third-order valence-corrected chi connectivity index (χ3v) is 11.7. The maximum absolute atomic E-state index is 12.2. The van der Waals surface area contributed by atoms with E-state index in [1.807, 2.05) is 0 Å². The largest absolute Gasteiger partial charge is 1.00 e. The molecule has 3 unspecified atom stereocenters. The Kier molecular flexibility index (Phi) is 9.54. The first-order chi connectivity index (χ1) is 15.9. The molecule has 9 heteroatoms. The van der Waals surface area contributed by atoms with Crippen molar-refractivity contribution in [2.75, 3.05) is 12.3 Å². The molecule has 4 aliphatic carbocycles. The van der Waals surface area contributed by atoms with Crippen molar-refractivity contribution in [2.45, 2.75) is 97.2 Å². The number of nitrogens with one attached hydrogen (secondary N) is 1. The summed E-state index contributed by atoms with van der Waals surface area (Å²) in [4.78, 5) is 12.2. The van der Waals surface area contributed by atoms with Crippen LogP contribution in [0.25, 0.3) is 0 Å². The van der Waals surface area contributed by atoms with E-state index in [0.29, 0.717) is 42.4 Å². The van der Waals surface area contributed by atoms with Crippen LogP contribution in [0.3, 0.4) is 0 Å². The zero-order chi connectivity index (χ0) is 24.9. The molecular weight excluding hydrogens is 477 g/mol. The Morgan fingerprint density at radius 3 is 2.49 bits per heavy atom. The van der Waals surface area contributed by atoms with Crippen molar-refractivity contribution in [3.8, 4) is 0 Å². The summed E-state index contributed by atoms with van der Waals surface area (Å²) in [5, 5.41) is 24.4. The number of aliphatic hydroxyl groups excluding tert-OH is 2. The minimum absolute atomic E-state index is 0. The summed E-state index contributed by atoms with van der Waals surface area (Å²) in [5.41, 5.74) is 0.0922. The van der Waals surface area contributed by atoms with Crippen molar-refractivity contribution >= 4 is 16.0 Å². The van der Waals surface area contributed by atoms with Gasteiger partial charge in [0.15, 0.2) is 0 Å². The van der Waals surface area contributed by atoms with E-state index in [1.165, 1.54) is 12.8 Å². The molecule has 4 aliphatic rings. The molecule has 0 spiro atoms. The van der Waals surface area contributed by atoms with Gasteiger partial charge in [-0.3, -0.25) is 4.79 Å². The van der Waals surface area contributed by atoms with E-state index in [0.717, 1.165) is 38.5 Å². The maximum Gasteiger partial charge on any atom is 1.00 e. The molecule has 0 saturated heterocycles. The number of fused-ring (bicyclic) bond motifs is 5. The number of carbonyl (C=O) groups is 1. The molecule has 0 aliphatic heterocycles. The topological polar surface area (TPSA) is 127 Å². The van der Waals surface area contributed by atoms with Crippen molar-refractivity contribution < 1.29 is 57.5 Å². The van der Waals surface area contributed by atoms with Crippen LogP contribution in [-0.4, -0.2) is 53.6 Å². The van der Waals surface area contributed by atoms with Crippen LogP contribution in [0.15, 0.2) is 0 Å². The van der Waals surface area contributed by atoms with Gasteiger partial charge < -0.3 is 20.1 Å². The molecule has 0 radical (unpaired) electrons. The molecular formula is C26H44NNaO6S. The summed E-state index contributed by atoms with van der Waals surface area (Å²) in [6.07, 6.45) is 8.85. The Balaban J connectivity index is 0.00000342. The Morgan fingerprint density at radius 1 is 1.09 bits per heavy atom. The molecule has 0 aromatic carbocycles. The molecule has 4 rings (SSSR count). The van der Waals surface area contributed by atoms with E-state index in [-0.39, 0.29) is 71.0 Å². The molecule has 0 aromatic heterocycles. The Labute approximate surface area is 233 Å². The van der Waals surface area contributed by atoms with Crippen molar-refractivity contribution in [3.05, 3.63) is 0 Å². The molecule has 7 nitrogen and oxygen atoms in total. The summed E-state index contributed by atoms with van der Waals surface area (Å²) in [6.45, 7) is 6.78. The van der Waals surface area contributed by atoms with E-state index in [4.69, 9.17) is 0 Å². The normalized spacial score (nSPS) is 43.8. The minimum atomic E-state index is -4.32. The number of rotatable bonds is 7. The molecule has 4 fully saturated rings. The predicted octanol–water partition coefficient (Wildman–Crippen LogP) is 0.0587. The quantitative estimate of drug-likeness (QED) is 0.321. The van der Waals surface area contributed by atoms with Gasteiger partial charge in [0, 0.05) is 13.0 Å². The van der Waals surface area contributed by atoms with Gasteiger partial charge >= 0.3 is 29.6 Å². The summed E-state index contributed by atoms with van der Waals surface area (Å²) in [6, 6.07) is 0. The number of hydrogen-bond acceptors (Lipinski definition) is 6. The maximum atomic E-state index is 12.2. The monoisotopic (exact) mass is 521 g/mol. The summed E-state index contributed by atoms with van der Waals surface area (Å²) in [5.74, 6) is 2.10. The van der Waals surface area contributed by atoms with Gasteiger partial charge in [0.2, 0.25) is 5.91 Å². The van der Waals surface area contributed by atoms with Gasteiger partial charge in [-0.15, -0.1) is 0 Å². The van der Waals surface area contributed by atoms with E-state index in [2.05, 4.69) is 26.1 Å². The van der Waals surface area contributed by atoms with Crippen molar-refractivity contribution in [1.82, 2.24) is 5.32 Å². The molecule has 10 atom stereocenters. The first-order valence-corrected chi connectivity index (χ1v) is 15.0. The average Bonchev–Trinajstić information content (AvgIpc) is 3.11. The van der Waals surface area contributed by atoms with Crippen LogP contribution in [0.4, 0.5) is 0 Å². The van der Waals surface area contributed by atoms with Gasteiger partial charge in [0.1, 0.15) is 0 Å². The SMILES string of the molecule is C[C@H](CCC(=O)NCCS(=O)(=O)[O-])[C@H]1CCC2C3CC[C@@H]4C[C@H](O)CC[C@]4(C)C3C[C@H](O)[C@@]21C.[Na+]. The molecule has 3 N–H and O–H groups in total. The summed E-state index contributed by atoms with van der Waals surface area (Å²) < 4.78 is 32.2. The Morgan fingerprint density at radius 2 is 1.80 bits per heavy atom. The fourth-order valence-corrected chi connectivity index (χ4v) is 9.48. The van der Waals surface area contributed by atoms with Gasteiger partial charge in [0.25, 0.3) is 0 Å². The van der Waals surface area contributed by atoms with E-state index in [9.17, 15) is 28.0 Å². The van der Waals surface area contributed by atoms with E-state index in [1.54, 1.807) is 0 Å². The summed E-state index contributed by atoms with van der Waals surface area (Å²) in [7, 11) is -4.32. The smallest absolute Gasteiger partial charge is 0.748 e. The minimum Gasteiger partial charge on any atom is -0.748 e. The van der Waals surface area contributed by atoms with Gasteiger partial charge in [-0.25, -0.2) is 8.42 Å². The molecule has 0 heterocycles. The van der Waals surface area contributed by atoms with Gasteiger partial charge in [-0.1, -0.05) is 20.8 Å². The van der Waals surface area contributed by atoms with Crippen LogP contribution in [-0.2, 0) is 14.9 Å². The van der Waals surface area contributed by atoms with Crippen molar-refractivity contribution in [2.24, 2.45) is 46.3 Å². The molecule has 0 bridgehead atoms. The Bertz CT molecular complexity index is 870. The third kappa shape index (κ3) is 5.84. The van der Waals surface area contributed by atoms with E-state index >= 15 is 0 Å². The second-order valence-corrected chi connectivity index (χ2v) is 14.0. The van der Waals surface area contributed by atoms with Crippen molar-refractivity contribution in [1.29, 1.82) is 0 Å². The number of amides is 1. The fourth-order valence-electron chi connectivity index (χ4n) is 9.12. The number of carbonyl (C=O) groups excluding carboxylic acids is 1. The van der Waals surface area contributed by atoms with Crippen molar-refractivity contribution in [3.63, 3.8) is 0 Å². The van der Waals surface area contributed by atoms with Crippen LogP contribution in [0.5, 0.6) is 0 Å². The molecule has 196 valence electrons. The Hall–Kier alpha value is 0.300. The standard InChI is InChI=1S/C26H45NO6S.Na/c1-16(4-9-24(30)27-12-13-34(31,32)33)20-7-8-21-19-6-5-17-14-18(28)10-11-25(17,2)22(19)15-23(29)26(20,21)3;/h16-23,28-29H,4-15H2,1-3H3,(H,27,30)(H,31,32,33);/q;+1/p-1/t16-,17-,18-,19?,20-,21?,22?,23+,25+,26-;/m1./s1. The van der Waals surface area contributed by atoms with Crippen LogP contribution in [0, 0.1) is 46.3 Å².